The Labute approximate surface area is 136 Å². The van der Waals surface area contributed by atoms with Gasteiger partial charge in [0.05, 0.1) is 24.5 Å². The molecule has 0 bridgehead atoms. The molecule has 3 amide bonds. The molecule has 3 rings (SSSR count). The first-order valence-electron chi connectivity index (χ1n) is 8.47. The lowest BCUT2D eigenvalue weighted by Crippen LogP contribution is -2.42. The average Bonchev–Trinajstić information content (AvgIpc) is 2.83. The molecule has 0 unspecified atom stereocenters. The van der Waals surface area contributed by atoms with E-state index in [0.717, 1.165) is 56.8 Å². The van der Waals surface area contributed by atoms with Crippen LogP contribution in [-0.4, -0.2) is 51.2 Å². The third kappa shape index (κ3) is 3.83. The summed E-state index contributed by atoms with van der Waals surface area (Å²) in [5, 5.41) is 7.53. The van der Waals surface area contributed by atoms with Crippen molar-refractivity contribution < 1.29 is 9.59 Å². The van der Waals surface area contributed by atoms with Crippen LogP contribution in [-0.2, 0) is 24.4 Å². The summed E-state index contributed by atoms with van der Waals surface area (Å²) < 4.78 is 1.96. The number of aromatic nitrogens is 2. The van der Waals surface area contributed by atoms with E-state index in [1.54, 1.807) is 6.92 Å². The predicted molar refractivity (Wildman–Crippen MR) is 85.6 cm³/mol. The van der Waals surface area contributed by atoms with Crippen LogP contribution < -0.4 is 5.32 Å². The molecule has 1 N–H and O–H groups in total. The molecule has 1 saturated heterocycles. The second-order valence-corrected chi connectivity index (χ2v) is 6.35. The quantitative estimate of drug-likeness (QED) is 0.894. The zero-order valence-electron chi connectivity index (χ0n) is 13.8. The largest absolute Gasteiger partial charge is 0.337 e. The van der Waals surface area contributed by atoms with Crippen molar-refractivity contribution in [2.24, 2.45) is 0 Å². The standard InChI is InChI=1S/C16H25N5O2/c1-13(22)20-8-5-9-21-15(12-20)10-14(18-21)11-17-16(23)19-6-3-2-4-7-19/h10H,2-9,11-12H2,1H3,(H,17,23). The number of hydrogen-bond acceptors (Lipinski definition) is 3. The number of urea groups is 1. The number of carbonyl (C=O) groups is 2. The van der Waals surface area contributed by atoms with Crippen LogP contribution in [0.2, 0.25) is 0 Å². The van der Waals surface area contributed by atoms with Gasteiger partial charge >= 0.3 is 6.03 Å². The van der Waals surface area contributed by atoms with Crippen LogP contribution in [0.5, 0.6) is 0 Å². The molecule has 0 aliphatic carbocycles. The first kappa shape index (κ1) is 15.8. The Bertz CT molecular complexity index is 577. The van der Waals surface area contributed by atoms with E-state index in [4.69, 9.17) is 0 Å². The van der Waals surface area contributed by atoms with Gasteiger partial charge in [0, 0.05) is 33.1 Å². The van der Waals surface area contributed by atoms with Crippen molar-refractivity contribution >= 4 is 11.9 Å². The average molecular weight is 319 g/mol. The number of fused-ring (bicyclic) bond motifs is 1. The van der Waals surface area contributed by atoms with E-state index in [0.29, 0.717) is 13.1 Å². The third-order valence-electron chi connectivity index (χ3n) is 4.57. The molecule has 0 atom stereocenters. The fraction of sp³-hybridized carbons (Fsp3) is 0.688. The maximum Gasteiger partial charge on any atom is 0.317 e. The zero-order valence-corrected chi connectivity index (χ0v) is 13.8. The molecule has 0 radical (unpaired) electrons. The normalized spacial score (nSPS) is 18.3. The summed E-state index contributed by atoms with van der Waals surface area (Å²) in [6, 6.07) is 2.00. The van der Waals surface area contributed by atoms with Gasteiger partial charge in [-0.3, -0.25) is 9.48 Å². The van der Waals surface area contributed by atoms with Gasteiger partial charge in [-0.2, -0.15) is 5.10 Å². The SMILES string of the molecule is CC(=O)N1CCCn2nc(CNC(=O)N3CCCCC3)cc2C1. The van der Waals surface area contributed by atoms with Gasteiger partial charge < -0.3 is 15.1 Å². The monoisotopic (exact) mass is 319 g/mol. The van der Waals surface area contributed by atoms with Crippen LogP contribution in [0.1, 0.15) is 44.0 Å². The zero-order chi connectivity index (χ0) is 16.2. The van der Waals surface area contributed by atoms with Crippen molar-refractivity contribution in [1.29, 1.82) is 0 Å². The summed E-state index contributed by atoms with van der Waals surface area (Å²) in [6.45, 7) is 5.93. The highest BCUT2D eigenvalue weighted by Crippen LogP contribution is 2.14. The fourth-order valence-corrected chi connectivity index (χ4v) is 3.25. The Morgan fingerprint density at radius 3 is 2.57 bits per heavy atom. The Hall–Kier alpha value is -2.05. The topological polar surface area (TPSA) is 70.5 Å². The van der Waals surface area contributed by atoms with Crippen LogP contribution in [0, 0.1) is 0 Å². The number of nitrogens with one attached hydrogen (secondary N) is 1. The second-order valence-electron chi connectivity index (χ2n) is 6.35. The molecule has 2 aliphatic rings. The van der Waals surface area contributed by atoms with Gasteiger partial charge in [-0.1, -0.05) is 0 Å². The first-order valence-corrected chi connectivity index (χ1v) is 8.47. The summed E-state index contributed by atoms with van der Waals surface area (Å²) in [5.41, 5.74) is 1.90. The molecule has 7 heteroatoms. The molecule has 126 valence electrons. The maximum absolute atomic E-state index is 12.1. The lowest BCUT2D eigenvalue weighted by Gasteiger charge is -2.26. The molecule has 3 heterocycles. The number of aryl methyl sites for hydroxylation is 1. The molecule has 1 fully saturated rings. The van der Waals surface area contributed by atoms with Crippen LogP contribution in [0.4, 0.5) is 4.79 Å². The number of hydrogen-bond donors (Lipinski definition) is 1. The number of rotatable bonds is 2. The lowest BCUT2D eigenvalue weighted by atomic mass is 10.1. The minimum Gasteiger partial charge on any atom is -0.337 e. The molecule has 2 aliphatic heterocycles. The van der Waals surface area contributed by atoms with Crippen molar-refractivity contribution in [3.05, 3.63) is 17.5 Å². The van der Waals surface area contributed by atoms with E-state index in [1.165, 1.54) is 6.42 Å². The van der Waals surface area contributed by atoms with Crippen LogP contribution >= 0.6 is 0 Å². The number of likely N-dealkylation sites (tertiary alicyclic amines) is 1. The first-order chi connectivity index (χ1) is 11.1. The Balaban J connectivity index is 1.58. The van der Waals surface area contributed by atoms with Crippen LogP contribution in [0.3, 0.4) is 0 Å². The summed E-state index contributed by atoms with van der Waals surface area (Å²) >= 11 is 0. The highest BCUT2D eigenvalue weighted by Gasteiger charge is 2.19. The minimum atomic E-state index is -0.00161. The van der Waals surface area contributed by atoms with E-state index in [-0.39, 0.29) is 11.9 Å². The van der Waals surface area contributed by atoms with Gasteiger partial charge in [-0.15, -0.1) is 0 Å². The van der Waals surface area contributed by atoms with E-state index in [2.05, 4.69) is 10.4 Å². The highest BCUT2D eigenvalue weighted by molar-refractivity contribution is 5.74. The number of carbonyl (C=O) groups excluding carboxylic acids is 2. The molecule has 7 nitrogen and oxygen atoms in total. The Kier molecular flexibility index (Phi) is 4.83. The van der Waals surface area contributed by atoms with E-state index in [1.807, 2.05) is 20.5 Å². The number of amides is 3. The van der Waals surface area contributed by atoms with Gasteiger partial charge in [0.15, 0.2) is 0 Å². The number of nitrogens with zero attached hydrogens (tertiary/aromatic N) is 4. The van der Waals surface area contributed by atoms with Crippen molar-refractivity contribution in [1.82, 2.24) is 24.9 Å². The Morgan fingerprint density at radius 1 is 1.09 bits per heavy atom. The molecule has 1 aromatic heterocycles. The molecule has 0 spiro atoms. The van der Waals surface area contributed by atoms with Gasteiger partial charge in [-0.05, 0) is 31.7 Å². The second kappa shape index (κ2) is 7.02. The highest BCUT2D eigenvalue weighted by atomic mass is 16.2. The van der Waals surface area contributed by atoms with Crippen LogP contribution in [0.15, 0.2) is 6.07 Å². The molecule has 0 aromatic carbocycles. The predicted octanol–water partition coefficient (Wildman–Crippen LogP) is 1.33. The summed E-state index contributed by atoms with van der Waals surface area (Å²) in [7, 11) is 0. The lowest BCUT2D eigenvalue weighted by molar-refractivity contribution is -0.129. The number of piperidine rings is 1. The van der Waals surface area contributed by atoms with Crippen molar-refractivity contribution in [2.75, 3.05) is 19.6 Å². The molecule has 1 aromatic rings. The summed E-state index contributed by atoms with van der Waals surface area (Å²) in [4.78, 5) is 27.5. The van der Waals surface area contributed by atoms with Gasteiger partial charge in [0.1, 0.15) is 0 Å². The van der Waals surface area contributed by atoms with Gasteiger partial charge in [0.2, 0.25) is 5.91 Å². The molecule has 0 saturated carbocycles. The van der Waals surface area contributed by atoms with Gasteiger partial charge in [0.25, 0.3) is 0 Å². The molecular weight excluding hydrogens is 294 g/mol. The van der Waals surface area contributed by atoms with Gasteiger partial charge in [-0.25, -0.2) is 4.79 Å². The third-order valence-corrected chi connectivity index (χ3v) is 4.57. The van der Waals surface area contributed by atoms with E-state index >= 15 is 0 Å². The van der Waals surface area contributed by atoms with Crippen molar-refractivity contribution in [2.45, 2.75) is 52.2 Å². The fourth-order valence-electron chi connectivity index (χ4n) is 3.25. The van der Waals surface area contributed by atoms with Crippen molar-refractivity contribution in [3.63, 3.8) is 0 Å². The summed E-state index contributed by atoms with van der Waals surface area (Å²) in [5.74, 6) is 0.0969. The summed E-state index contributed by atoms with van der Waals surface area (Å²) in [6.07, 6.45) is 4.30. The smallest absolute Gasteiger partial charge is 0.317 e. The minimum absolute atomic E-state index is 0.00161. The Morgan fingerprint density at radius 2 is 1.83 bits per heavy atom. The maximum atomic E-state index is 12.1. The van der Waals surface area contributed by atoms with E-state index < -0.39 is 0 Å². The molecular formula is C16H25N5O2. The van der Waals surface area contributed by atoms with Crippen LogP contribution in [0.25, 0.3) is 0 Å². The van der Waals surface area contributed by atoms with E-state index in [9.17, 15) is 9.59 Å². The molecule has 23 heavy (non-hydrogen) atoms. The van der Waals surface area contributed by atoms with Crippen molar-refractivity contribution in [3.8, 4) is 0 Å².